The molecule has 1 aliphatic heterocycles. The second kappa shape index (κ2) is 7.07. The number of hydrogen-bond donors (Lipinski definition) is 1. The number of piperazine rings is 1. The van der Waals surface area contributed by atoms with Gasteiger partial charge < -0.3 is 5.32 Å². The van der Waals surface area contributed by atoms with E-state index in [1.165, 1.54) is 0 Å². The van der Waals surface area contributed by atoms with E-state index in [1.807, 2.05) is 0 Å². The van der Waals surface area contributed by atoms with Gasteiger partial charge in [0.2, 0.25) is 0 Å². The van der Waals surface area contributed by atoms with E-state index in [0.29, 0.717) is 26.2 Å². The predicted octanol–water partition coefficient (Wildman–Crippen LogP) is 2.44. The quantitative estimate of drug-likeness (QED) is 0.681. The Bertz CT molecular complexity index is 401. The number of halogens is 5. The highest BCUT2D eigenvalue weighted by molar-refractivity contribution is 5.85. The molecule has 2 nitrogen and oxygen atoms in total. The molecule has 1 heterocycles. The van der Waals surface area contributed by atoms with Gasteiger partial charge >= 0.3 is 0 Å². The summed E-state index contributed by atoms with van der Waals surface area (Å²) < 4.78 is 52.2. The fourth-order valence-corrected chi connectivity index (χ4v) is 2.16. The third kappa shape index (κ3) is 3.58. The molecule has 1 N–H and O–H groups in total. The van der Waals surface area contributed by atoms with Crippen molar-refractivity contribution in [3.63, 3.8) is 0 Å². The van der Waals surface area contributed by atoms with Crippen LogP contribution in [-0.2, 0) is 0 Å². The fraction of sp³-hybridized carbons (Fsp3) is 0.500. The Kier molecular flexibility index (Phi) is 6.03. The molecule has 0 aromatic heterocycles. The third-order valence-electron chi connectivity index (χ3n) is 3.13. The molecule has 1 aromatic rings. The average Bonchev–Trinajstić information content (AvgIpc) is 2.38. The minimum absolute atomic E-state index is 0. The SMILES string of the molecule is Cl.FC[C@H](c1cc(F)c(F)c(F)c1)N1CCNCC1. The van der Waals surface area contributed by atoms with Gasteiger partial charge in [-0.05, 0) is 17.7 Å². The molecule has 19 heavy (non-hydrogen) atoms. The fourth-order valence-electron chi connectivity index (χ4n) is 2.16. The number of hydrogen-bond acceptors (Lipinski definition) is 2. The number of benzene rings is 1. The molecule has 108 valence electrons. The molecule has 1 aliphatic rings. The lowest BCUT2D eigenvalue weighted by molar-refractivity contribution is 0.147. The number of nitrogens with one attached hydrogen (secondary N) is 1. The Morgan fingerprint density at radius 3 is 2.11 bits per heavy atom. The minimum atomic E-state index is -1.52. The average molecular weight is 299 g/mol. The van der Waals surface area contributed by atoms with Gasteiger partial charge in [-0.1, -0.05) is 0 Å². The lowest BCUT2D eigenvalue weighted by atomic mass is 10.0. The maximum absolute atomic E-state index is 13.1. The number of rotatable bonds is 3. The molecule has 1 aromatic carbocycles. The van der Waals surface area contributed by atoms with Gasteiger partial charge in [-0.25, -0.2) is 17.6 Å². The van der Waals surface area contributed by atoms with Crippen LogP contribution in [0.3, 0.4) is 0 Å². The summed E-state index contributed by atoms with van der Waals surface area (Å²) in [5.74, 6) is -4.08. The van der Waals surface area contributed by atoms with Gasteiger partial charge in [-0.15, -0.1) is 12.4 Å². The molecule has 0 saturated carbocycles. The van der Waals surface area contributed by atoms with Crippen LogP contribution in [0.2, 0.25) is 0 Å². The molecule has 1 fully saturated rings. The van der Waals surface area contributed by atoms with Gasteiger partial charge in [0.05, 0.1) is 6.04 Å². The Morgan fingerprint density at radius 2 is 1.63 bits per heavy atom. The van der Waals surface area contributed by atoms with E-state index in [4.69, 9.17) is 0 Å². The molecule has 0 aliphatic carbocycles. The summed E-state index contributed by atoms with van der Waals surface area (Å²) in [7, 11) is 0. The summed E-state index contributed by atoms with van der Waals surface area (Å²) in [5, 5.41) is 3.10. The molecule has 7 heteroatoms. The summed E-state index contributed by atoms with van der Waals surface area (Å²) in [5.41, 5.74) is 0.135. The lowest BCUT2D eigenvalue weighted by Crippen LogP contribution is -2.45. The highest BCUT2D eigenvalue weighted by Gasteiger charge is 2.24. The van der Waals surface area contributed by atoms with Crippen molar-refractivity contribution in [3.8, 4) is 0 Å². The lowest BCUT2D eigenvalue weighted by Gasteiger charge is -2.33. The van der Waals surface area contributed by atoms with Crippen LogP contribution in [0.1, 0.15) is 11.6 Å². The van der Waals surface area contributed by atoms with Crippen LogP contribution in [0, 0.1) is 17.5 Å². The maximum atomic E-state index is 13.1. The molecule has 2 rings (SSSR count). The molecule has 0 bridgehead atoms. The smallest absolute Gasteiger partial charge is 0.194 e. The zero-order valence-electron chi connectivity index (χ0n) is 10.1. The Hall–Kier alpha value is -0.850. The molecule has 0 amide bonds. The van der Waals surface area contributed by atoms with E-state index >= 15 is 0 Å². The number of alkyl halides is 1. The zero-order chi connectivity index (χ0) is 13.1. The predicted molar refractivity (Wildman–Crippen MR) is 66.7 cm³/mol. The summed E-state index contributed by atoms with van der Waals surface area (Å²) in [4.78, 5) is 1.79. The molecular weight excluding hydrogens is 284 g/mol. The van der Waals surface area contributed by atoms with E-state index < -0.39 is 30.2 Å². The van der Waals surface area contributed by atoms with Crippen LogP contribution in [0.25, 0.3) is 0 Å². The van der Waals surface area contributed by atoms with Crippen molar-refractivity contribution in [2.24, 2.45) is 0 Å². The largest absolute Gasteiger partial charge is 0.314 e. The van der Waals surface area contributed by atoms with Crippen LogP contribution in [0.5, 0.6) is 0 Å². The highest BCUT2D eigenvalue weighted by Crippen LogP contribution is 2.25. The summed E-state index contributed by atoms with van der Waals surface area (Å²) >= 11 is 0. The first-order chi connectivity index (χ1) is 8.63. The second-order valence-corrected chi connectivity index (χ2v) is 4.25. The Morgan fingerprint density at radius 1 is 1.11 bits per heavy atom. The third-order valence-corrected chi connectivity index (χ3v) is 3.13. The van der Waals surface area contributed by atoms with Crippen LogP contribution in [-0.4, -0.2) is 37.8 Å². The van der Waals surface area contributed by atoms with Crippen molar-refractivity contribution in [3.05, 3.63) is 35.1 Å². The molecule has 0 radical (unpaired) electrons. The van der Waals surface area contributed by atoms with Crippen molar-refractivity contribution in [1.82, 2.24) is 10.2 Å². The van der Waals surface area contributed by atoms with Crippen molar-refractivity contribution in [1.29, 1.82) is 0 Å². The molecular formula is C12H15ClF4N2. The summed E-state index contributed by atoms with van der Waals surface area (Å²) in [6.45, 7) is 1.82. The van der Waals surface area contributed by atoms with Crippen molar-refractivity contribution >= 4 is 12.4 Å². The zero-order valence-corrected chi connectivity index (χ0v) is 11.0. The van der Waals surface area contributed by atoms with E-state index in [2.05, 4.69) is 5.32 Å². The first-order valence-electron chi connectivity index (χ1n) is 5.78. The van der Waals surface area contributed by atoms with E-state index in [0.717, 1.165) is 12.1 Å². The van der Waals surface area contributed by atoms with Crippen LogP contribution < -0.4 is 5.32 Å². The van der Waals surface area contributed by atoms with E-state index in [1.54, 1.807) is 4.90 Å². The topological polar surface area (TPSA) is 15.3 Å². The molecule has 0 spiro atoms. The molecule has 1 saturated heterocycles. The first-order valence-corrected chi connectivity index (χ1v) is 5.78. The van der Waals surface area contributed by atoms with Gasteiger partial charge in [0, 0.05) is 26.2 Å². The van der Waals surface area contributed by atoms with Gasteiger partial charge in [-0.2, -0.15) is 0 Å². The summed E-state index contributed by atoms with van der Waals surface area (Å²) in [6, 6.07) is 1.01. The normalized spacial score (nSPS) is 17.9. The molecule has 0 unspecified atom stereocenters. The molecule has 1 atom stereocenters. The van der Waals surface area contributed by atoms with Crippen LogP contribution in [0.4, 0.5) is 17.6 Å². The van der Waals surface area contributed by atoms with E-state index in [9.17, 15) is 17.6 Å². The van der Waals surface area contributed by atoms with Crippen LogP contribution >= 0.6 is 12.4 Å². The Balaban J connectivity index is 0.00000180. The Labute approximate surface area is 115 Å². The summed E-state index contributed by atoms with van der Waals surface area (Å²) in [6.07, 6.45) is 0. The maximum Gasteiger partial charge on any atom is 0.194 e. The minimum Gasteiger partial charge on any atom is -0.314 e. The van der Waals surface area contributed by atoms with Crippen LogP contribution in [0.15, 0.2) is 12.1 Å². The van der Waals surface area contributed by atoms with Crippen molar-refractivity contribution in [2.75, 3.05) is 32.9 Å². The standard InChI is InChI=1S/C12H14F4N2.ClH/c13-7-11(18-3-1-17-2-4-18)8-5-9(14)12(16)10(15)6-8;/h5-6,11,17H,1-4,7H2;1H/t11-;/m1./s1. The number of nitrogens with zero attached hydrogens (tertiary/aromatic N) is 1. The van der Waals surface area contributed by atoms with E-state index in [-0.39, 0.29) is 18.0 Å². The van der Waals surface area contributed by atoms with Crippen molar-refractivity contribution in [2.45, 2.75) is 6.04 Å². The first kappa shape index (κ1) is 16.2. The van der Waals surface area contributed by atoms with Crippen molar-refractivity contribution < 1.29 is 17.6 Å². The van der Waals surface area contributed by atoms with Gasteiger partial charge in [0.25, 0.3) is 0 Å². The second-order valence-electron chi connectivity index (χ2n) is 4.25. The monoisotopic (exact) mass is 298 g/mol. The van der Waals surface area contributed by atoms with Gasteiger partial charge in [0.15, 0.2) is 17.5 Å². The highest BCUT2D eigenvalue weighted by atomic mass is 35.5. The van der Waals surface area contributed by atoms with Gasteiger partial charge in [-0.3, -0.25) is 4.90 Å². The van der Waals surface area contributed by atoms with Gasteiger partial charge in [0.1, 0.15) is 6.67 Å².